The molecule has 2 fully saturated rings. The summed E-state index contributed by atoms with van der Waals surface area (Å²) < 4.78 is 5.20. The van der Waals surface area contributed by atoms with Crippen LogP contribution in [-0.2, 0) is 14.5 Å². The Morgan fingerprint density at radius 1 is 1.44 bits per heavy atom. The van der Waals surface area contributed by atoms with Crippen molar-refractivity contribution in [3.8, 4) is 0 Å². The maximum atomic E-state index is 5.20. The fraction of sp³-hybridized carbons (Fsp3) is 1.00. The molecule has 0 aromatic rings. The van der Waals surface area contributed by atoms with Gasteiger partial charge >= 0.3 is 5.97 Å². The molecule has 1 spiro atoms. The SMILES string of the molecule is CC1CCOC2(C1)OO2. The maximum Gasteiger partial charge on any atom is 0.340 e. The monoisotopic (exact) mass is 130 g/mol. The molecule has 0 N–H and O–H groups in total. The van der Waals surface area contributed by atoms with E-state index in [0.29, 0.717) is 5.92 Å². The molecule has 1 unspecified atom stereocenters. The predicted octanol–water partition coefficient (Wildman–Crippen LogP) is 1.05. The zero-order chi connectivity index (χ0) is 6.32. The van der Waals surface area contributed by atoms with E-state index in [4.69, 9.17) is 4.74 Å². The first-order chi connectivity index (χ1) is 4.31. The third-order valence-corrected chi connectivity index (χ3v) is 1.80. The van der Waals surface area contributed by atoms with Crippen LogP contribution in [0.2, 0.25) is 0 Å². The predicted molar refractivity (Wildman–Crippen MR) is 29.3 cm³/mol. The minimum Gasteiger partial charge on any atom is -0.324 e. The largest absolute Gasteiger partial charge is 0.340 e. The van der Waals surface area contributed by atoms with Gasteiger partial charge in [0.05, 0.1) is 6.61 Å². The topological polar surface area (TPSA) is 34.3 Å². The van der Waals surface area contributed by atoms with E-state index in [2.05, 4.69) is 16.7 Å². The van der Waals surface area contributed by atoms with E-state index in [1.807, 2.05) is 0 Å². The van der Waals surface area contributed by atoms with E-state index >= 15 is 0 Å². The zero-order valence-electron chi connectivity index (χ0n) is 5.42. The molecule has 0 aromatic heterocycles. The molecule has 0 bridgehead atoms. The average Bonchev–Trinajstić information content (AvgIpc) is 2.49. The van der Waals surface area contributed by atoms with E-state index in [0.717, 1.165) is 19.4 Å². The van der Waals surface area contributed by atoms with Crippen molar-refractivity contribution in [2.45, 2.75) is 25.7 Å². The summed E-state index contributed by atoms with van der Waals surface area (Å²) in [6.07, 6.45) is 2.00. The maximum absolute atomic E-state index is 5.20. The van der Waals surface area contributed by atoms with Crippen molar-refractivity contribution in [3.05, 3.63) is 0 Å². The van der Waals surface area contributed by atoms with Crippen molar-refractivity contribution >= 4 is 0 Å². The Morgan fingerprint density at radius 3 is 2.67 bits per heavy atom. The lowest BCUT2D eigenvalue weighted by Gasteiger charge is -2.20. The quantitative estimate of drug-likeness (QED) is 0.363. The van der Waals surface area contributed by atoms with Crippen molar-refractivity contribution in [3.63, 3.8) is 0 Å². The summed E-state index contributed by atoms with van der Waals surface area (Å²) in [4.78, 5) is 9.37. The third kappa shape index (κ3) is 0.956. The standard InChI is InChI=1S/C6H10O3/c1-5-2-3-7-6(4-5)8-9-6/h5H,2-4H2,1H3. The highest BCUT2D eigenvalue weighted by atomic mass is 17.4. The van der Waals surface area contributed by atoms with Gasteiger partial charge in [0, 0.05) is 6.42 Å². The Morgan fingerprint density at radius 2 is 2.22 bits per heavy atom. The highest BCUT2D eigenvalue weighted by Crippen LogP contribution is 2.41. The molecule has 9 heavy (non-hydrogen) atoms. The van der Waals surface area contributed by atoms with Crippen LogP contribution in [0, 0.1) is 5.92 Å². The molecule has 2 aliphatic rings. The van der Waals surface area contributed by atoms with Crippen LogP contribution in [0.1, 0.15) is 19.8 Å². The van der Waals surface area contributed by atoms with Crippen molar-refractivity contribution < 1.29 is 14.5 Å². The molecule has 2 aliphatic heterocycles. The molecular weight excluding hydrogens is 120 g/mol. The van der Waals surface area contributed by atoms with E-state index in [9.17, 15) is 0 Å². The number of rotatable bonds is 0. The van der Waals surface area contributed by atoms with Crippen LogP contribution in [0.5, 0.6) is 0 Å². The molecule has 2 rings (SSSR count). The summed E-state index contributed by atoms with van der Waals surface area (Å²) in [5, 5.41) is 0. The minimum absolute atomic E-state index is 0.600. The van der Waals surface area contributed by atoms with Crippen molar-refractivity contribution in [1.82, 2.24) is 0 Å². The van der Waals surface area contributed by atoms with E-state index in [1.165, 1.54) is 0 Å². The van der Waals surface area contributed by atoms with Crippen LogP contribution in [-0.4, -0.2) is 12.6 Å². The van der Waals surface area contributed by atoms with Gasteiger partial charge in [-0.1, -0.05) is 6.92 Å². The summed E-state index contributed by atoms with van der Waals surface area (Å²) in [7, 11) is 0. The van der Waals surface area contributed by atoms with Gasteiger partial charge in [-0.25, -0.2) is 0 Å². The highest BCUT2D eigenvalue weighted by molar-refractivity contribution is 4.71. The van der Waals surface area contributed by atoms with Crippen molar-refractivity contribution in [1.29, 1.82) is 0 Å². The van der Waals surface area contributed by atoms with E-state index in [-0.39, 0.29) is 0 Å². The second-order valence-corrected chi connectivity index (χ2v) is 2.80. The minimum atomic E-state index is -0.600. The Kier molecular flexibility index (Phi) is 1.06. The first kappa shape index (κ1) is 5.65. The summed E-state index contributed by atoms with van der Waals surface area (Å²) in [6, 6.07) is 0. The summed E-state index contributed by atoms with van der Waals surface area (Å²) >= 11 is 0. The van der Waals surface area contributed by atoms with Gasteiger partial charge in [0.15, 0.2) is 0 Å². The van der Waals surface area contributed by atoms with Crippen LogP contribution in [0.3, 0.4) is 0 Å². The van der Waals surface area contributed by atoms with Crippen LogP contribution >= 0.6 is 0 Å². The fourth-order valence-electron chi connectivity index (χ4n) is 1.17. The van der Waals surface area contributed by atoms with Crippen LogP contribution in [0.15, 0.2) is 0 Å². The van der Waals surface area contributed by atoms with E-state index in [1.54, 1.807) is 0 Å². The molecule has 3 heteroatoms. The van der Waals surface area contributed by atoms with Gasteiger partial charge in [-0.3, -0.25) is 0 Å². The molecule has 0 radical (unpaired) electrons. The molecule has 0 aromatic carbocycles. The Balaban J connectivity index is 1.96. The van der Waals surface area contributed by atoms with Gasteiger partial charge < -0.3 is 4.74 Å². The van der Waals surface area contributed by atoms with Crippen molar-refractivity contribution in [2.75, 3.05) is 6.61 Å². The Labute approximate surface area is 53.8 Å². The zero-order valence-corrected chi connectivity index (χ0v) is 5.42. The second kappa shape index (κ2) is 1.68. The molecule has 0 saturated carbocycles. The highest BCUT2D eigenvalue weighted by Gasteiger charge is 2.53. The van der Waals surface area contributed by atoms with Gasteiger partial charge in [-0.2, -0.15) is 9.78 Å². The lowest BCUT2D eigenvalue weighted by atomic mass is 10.0. The Hall–Kier alpha value is -0.120. The summed E-state index contributed by atoms with van der Waals surface area (Å²) in [5.74, 6) is 0.0683. The normalized spacial score (nSPS) is 39.0. The van der Waals surface area contributed by atoms with Crippen LogP contribution in [0.4, 0.5) is 0 Å². The molecule has 0 amide bonds. The lowest BCUT2D eigenvalue weighted by molar-refractivity contribution is -0.102. The molecule has 3 nitrogen and oxygen atoms in total. The molecule has 0 aliphatic carbocycles. The molecule has 2 saturated heterocycles. The van der Waals surface area contributed by atoms with Gasteiger partial charge in [-0.05, 0) is 12.3 Å². The molecule has 2 heterocycles. The molecule has 1 atom stereocenters. The van der Waals surface area contributed by atoms with Gasteiger partial charge in [0.1, 0.15) is 0 Å². The van der Waals surface area contributed by atoms with E-state index < -0.39 is 5.97 Å². The van der Waals surface area contributed by atoms with Crippen LogP contribution in [0.25, 0.3) is 0 Å². The smallest absolute Gasteiger partial charge is 0.324 e. The number of ether oxygens (including phenoxy) is 1. The first-order valence-electron chi connectivity index (χ1n) is 3.32. The lowest BCUT2D eigenvalue weighted by Crippen LogP contribution is -2.26. The molecule has 52 valence electrons. The van der Waals surface area contributed by atoms with Crippen LogP contribution < -0.4 is 0 Å². The molecular formula is C6H10O3. The summed E-state index contributed by atoms with van der Waals surface area (Å²) in [6.45, 7) is 2.94. The summed E-state index contributed by atoms with van der Waals surface area (Å²) in [5.41, 5.74) is 0. The fourth-order valence-corrected chi connectivity index (χ4v) is 1.17. The Bertz CT molecular complexity index is 119. The number of hydrogen-bond acceptors (Lipinski definition) is 3. The van der Waals surface area contributed by atoms with Crippen molar-refractivity contribution in [2.24, 2.45) is 5.92 Å². The second-order valence-electron chi connectivity index (χ2n) is 2.80. The number of hydrogen-bond donors (Lipinski definition) is 0. The van der Waals surface area contributed by atoms with Gasteiger partial charge in [-0.15, -0.1) is 0 Å². The average molecular weight is 130 g/mol. The third-order valence-electron chi connectivity index (χ3n) is 1.80. The first-order valence-corrected chi connectivity index (χ1v) is 3.32. The van der Waals surface area contributed by atoms with Gasteiger partial charge in [0.25, 0.3) is 0 Å². The van der Waals surface area contributed by atoms with Gasteiger partial charge in [0.2, 0.25) is 0 Å².